The van der Waals surface area contributed by atoms with E-state index in [0.717, 1.165) is 6.20 Å². The molecular weight excluding hydrogens is 364 g/mol. The fourth-order valence-corrected chi connectivity index (χ4v) is 2.39. The maximum Gasteiger partial charge on any atom is 0.341 e. The van der Waals surface area contributed by atoms with Gasteiger partial charge in [0, 0.05) is 17.1 Å². The second-order valence-corrected chi connectivity index (χ2v) is 4.32. The summed E-state index contributed by atoms with van der Waals surface area (Å²) in [4.78, 5) is 15.4. The number of esters is 1. The zero-order chi connectivity index (χ0) is 13.0. The second-order valence-electron chi connectivity index (χ2n) is 3.01. The van der Waals surface area contributed by atoms with E-state index in [0.29, 0.717) is 0 Å². The minimum absolute atomic E-state index is 0.0431. The molecule has 0 aliphatic rings. The normalized spacial score (nSPS) is 10.7. The molecule has 0 radical (unpaired) electrons. The highest BCUT2D eigenvalue weighted by molar-refractivity contribution is 9.10. The molecule has 0 atom stereocenters. The topological polar surface area (TPSA) is 39.2 Å². The Bertz CT molecular complexity index is 427. The van der Waals surface area contributed by atoms with Crippen LogP contribution in [0.2, 0.25) is 0 Å². The van der Waals surface area contributed by atoms with E-state index in [1.165, 1.54) is 0 Å². The molecule has 0 aromatic carbocycles. The Morgan fingerprint density at radius 3 is 2.71 bits per heavy atom. The van der Waals surface area contributed by atoms with E-state index in [-0.39, 0.29) is 33.2 Å². The molecule has 1 aromatic heterocycles. The third kappa shape index (κ3) is 3.22. The van der Waals surface area contributed by atoms with Crippen molar-refractivity contribution in [1.29, 1.82) is 0 Å². The predicted octanol–water partition coefficient (Wildman–Crippen LogP) is 3.85. The van der Waals surface area contributed by atoms with Crippen LogP contribution in [-0.2, 0) is 10.1 Å². The molecule has 0 saturated heterocycles. The zero-order valence-corrected chi connectivity index (χ0v) is 12.0. The van der Waals surface area contributed by atoms with Gasteiger partial charge in [-0.15, -0.1) is 0 Å². The van der Waals surface area contributed by atoms with E-state index in [4.69, 9.17) is 4.74 Å². The predicted molar refractivity (Wildman–Crippen MR) is 65.5 cm³/mol. The van der Waals surface area contributed by atoms with E-state index in [2.05, 4.69) is 36.8 Å². The Kier molecular flexibility index (Phi) is 5.45. The SMILES string of the molecule is CCOC(=O)c1c(Br)ncc(C(F)F)c1CBr. The van der Waals surface area contributed by atoms with Crippen LogP contribution in [0, 0.1) is 0 Å². The molecule has 0 saturated carbocycles. The van der Waals surface area contributed by atoms with Crippen molar-refractivity contribution in [3.8, 4) is 0 Å². The summed E-state index contributed by atoms with van der Waals surface area (Å²) in [5.74, 6) is -0.663. The van der Waals surface area contributed by atoms with E-state index in [9.17, 15) is 13.6 Å². The third-order valence-corrected chi connectivity index (χ3v) is 3.18. The molecule has 1 heterocycles. The first-order valence-electron chi connectivity index (χ1n) is 4.71. The largest absolute Gasteiger partial charge is 0.462 e. The molecule has 1 rings (SSSR count). The first kappa shape index (κ1) is 14.5. The van der Waals surface area contributed by atoms with Crippen molar-refractivity contribution in [1.82, 2.24) is 4.98 Å². The lowest BCUT2D eigenvalue weighted by molar-refractivity contribution is 0.0523. The quantitative estimate of drug-likeness (QED) is 0.457. The van der Waals surface area contributed by atoms with Gasteiger partial charge >= 0.3 is 5.97 Å². The van der Waals surface area contributed by atoms with E-state index >= 15 is 0 Å². The highest BCUT2D eigenvalue weighted by Crippen LogP contribution is 2.30. The maximum absolute atomic E-state index is 12.7. The summed E-state index contributed by atoms with van der Waals surface area (Å²) in [6.45, 7) is 1.82. The van der Waals surface area contributed by atoms with Gasteiger partial charge in [-0.2, -0.15) is 0 Å². The number of halogens is 4. The number of aromatic nitrogens is 1. The second kappa shape index (κ2) is 6.39. The van der Waals surface area contributed by atoms with Gasteiger partial charge in [0.1, 0.15) is 4.60 Å². The van der Waals surface area contributed by atoms with Gasteiger partial charge in [0.05, 0.1) is 12.2 Å². The lowest BCUT2D eigenvalue weighted by Gasteiger charge is -2.12. The summed E-state index contributed by atoms with van der Waals surface area (Å²) in [6, 6.07) is 0. The van der Waals surface area contributed by atoms with Crippen LogP contribution < -0.4 is 0 Å². The average molecular weight is 373 g/mol. The van der Waals surface area contributed by atoms with Crippen LogP contribution in [0.4, 0.5) is 8.78 Å². The molecule has 7 heteroatoms. The van der Waals surface area contributed by atoms with E-state index in [1.54, 1.807) is 6.92 Å². The monoisotopic (exact) mass is 371 g/mol. The number of alkyl halides is 3. The van der Waals surface area contributed by atoms with Gasteiger partial charge in [-0.25, -0.2) is 18.6 Å². The lowest BCUT2D eigenvalue weighted by atomic mass is 10.1. The molecule has 1 aromatic rings. The molecule has 0 fully saturated rings. The van der Waals surface area contributed by atoms with Crippen LogP contribution in [0.1, 0.15) is 34.8 Å². The van der Waals surface area contributed by atoms with Crippen molar-refractivity contribution in [2.24, 2.45) is 0 Å². The molecule has 94 valence electrons. The van der Waals surface area contributed by atoms with Gasteiger partial charge in [-0.3, -0.25) is 0 Å². The Hall–Kier alpha value is -0.560. The van der Waals surface area contributed by atoms with Crippen LogP contribution in [0.3, 0.4) is 0 Å². The lowest BCUT2D eigenvalue weighted by Crippen LogP contribution is -2.12. The van der Waals surface area contributed by atoms with Gasteiger partial charge in [0.15, 0.2) is 0 Å². The first-order chi connectivity index (χ1) is 8.02. The Morgan fingerprint density at radius 1 is 1.59 bits per heavy atom. The highest BCUT2D eigenvalue weighted by Gasteiger charge is 2.23. The Balaban J connectivity index is 3.35. The molecule has 0 amide bonds. The number of nitrogens with zero attached hydrogens (tertiary/aromatic N) is 1. The Labute approximate surface area is 114 Å². The number of ether oxygens (including phenoxy) is 1. The van der Waals surface area contributed by atoms with E-state index < -0.39 is 12.4 Å². The molecule has 0 spiro atoms. The van der Waals surface area contributed by atoms with Crippen molar-refractivity contribution < 1.29 is 18.3 Å². The van der Waals surface area contributed by atoms with Gasteiger partial charge in [0.2, 0.25) is 0 Å². The Morgan fingerprint density at radius 2 is 2.24 bits per heavy atom. The molecular formula is C10H9Br2F2NO2. The minimum atomic E-state index is -2.68. The van der Waals surface area contributed by atoms with Gasteiger partial charge in [0.25, 0.3) is 6.43 Å². The molecule has 0 N–H and O–H groups in total. The highest BCUT2D eigenvalue weighted by atomic mass is 79.9. The molecule has 0 aliphatic carbocycles. The fraction of sp³-hybridized carbons (Fsp3) is 0.400. The van der Waals surface area contributed by atoms with Crippen LogP contribution >= 0.6 is 31.9 Å². The molecule has 0 aliphatic heterocycles. The number of rotatable bonds is 4. The van der Waals surface area contributed by atoms with Crippen molar-refractivity contribution in [2.45, 2.75) is 18.7 Å². The summed E-state index contributed by atoms with van der Waals surface area (Å²) >= 11 is 6.16. The van der Waals surface area contributed by atoms with Crippen LogP contribution in [0.15, 0.2) is 10.8 Å². The molecule has 0 unspecified atom stereocenters. The number of carbonyl (C=O) groups is 1. The van der Waals surface area contributed by atoms with Crippen LogP contribution in [0.5, 0.6) is 0 Å². The number of hydrogen-bond donors (Lipinski definition) is 0. The molecule has 3 nitrogen and oxygen atoms in total. The summed E-state index contributed by atoms with van der Waals surface area (Å²) in [5.41, 5.74) is -0.0324. The fourth-order valence-electron chi connectivity index (χ4n) is 1.28. The molecule has 0 bridgehead atoms. The van der Waals surface area contributed by atoms with Crippen molar-refractivity contribution in [3.05, 3.63) is 27.5 Å². The summed E-state index contributed by atoms with van der Waals surface area (Å²) in [5, 5.41) is 0.127. The van der Waals surface area contributed by atoms with E-state index in [1.807, 2.05) is 0 Å². The summed E-state index contributed by atoms with van der Waals surface area (Å²) < 4.78 is 30.5. The smallest absolute Gasteiger partial charge is 0.341 e. The van der Waals surface area contributed by atoms with Gasteiger partial charge in [-0.1, -0.05) is 15.9 Å². The minimum Gasteiger partial charge on any atom is -0.462 e. The standard InChI is InChI=1S/C10H9Br2F2NO2/c1-2-17-10(16)7-5(3-11)6(9(13)14)4-15-8(7)12/h4,9H,2-3H2,1H3. The molecule has 17 heavy (non-hydrogen) atoms. The van der Waals surface area contributed by atoms with Gasteiger partial charge < -0.3 is 4.74 Å². The first-order valence-corrected chi connectivity index (χ1v) is 6.62. The van der Waals surface area contributed by atoms with Crippen LogP contribution in [0.25, 0.3) is 0 Å². The zero-order valence-electron chi connectivity index (χ0n) is 8.84. The number of hydrogen-bond acceptors (Lipinski definition) is 3. The van der Waals surface area contributed by atoms with Crippen molar-refractivity contribution >= 4 is 37.8 Å². The summed E-state index contributed by atoms with van der Waals surface area (Å²) in [6.07, 6.45) is -1.63. The van der Waals surface area contributed by atoms with Crippen molar-refractivity contribution in [3.63, 3.8) is 0 Å². The average Bonchev–Trinajstić information content (AvgIpc) is 2.28. The summed E-state index contributed by atoms with van der Waals surface area (Å²) in [7, 11) is 0. The number of pyridine rings is 1. The van der Waals surface area contributed by atoms with Gasteiger partial charge in [-0.05, 0) is 28.4 Å². The maximum atomic E-state index is 12.7. The number of carbonyl (C=O) groups excluding carboxylic acids is 1. The van der Waals surface area contributed by atoms with Crippen molar-refractivity contribution in [2.75, 3.05) is 6.61 Å². The van der Waals surface area contributed by atoms with Crippen LogP contribution in [-0.4, -0.2) is 17.6 Å². The third-order valence-electron chi connectivity index (χ3n) is 2.02.